The maximum atomic E-state index is 12.2. The van der Waals surface area contributed by atoms with Crippen LogP contribution in [0, 0.1) is 0 Å². The molecule has 1 amide bonds. The number of nitrogens with one attached hydrogen (secondary N) is 2. The molecule has 4 nitrogen and oxygen atoms in total. The summed E-state index contributed by atoms with van der Waals surface area (Å²) in [6.45, 7) is 4.34. The normalized spacial score (nSPS) is 21.0. The van der Waals surface area contributed by atoms with Gasteiger partial charge in [-0.15, -0.1) is 0 Å². The van der Waals surface area contributed by atoms with Crippen LogP contribution in [0.15, 0.2) is 30.3 Å². The number of hydrogen-bond acceptors (Lipinski definition) is 3. The first-order valence-electron chi connectivity index (χ1n) is 7.92. The molecule has 1 aromatic rings. The number of piperidine rings is 1. The molecular formula is C17H27N3O. The minimum absolute atomic E-state index is 0.119. The maximum absolute atomic E-state index is 12.2. The van der Waals surface area contributed by atoms with Gasteiger partial charge in [-0.05, 0) is 38.9 Å². The first kappa shape index (κ1) is 16.0. The summed E-state index contributed by atoms with van der Waals surface area (Å²) in [7, 11) is 1.99. The third-order valence-corrected chi connectivity index (χ3v) is 4.38. The van der Waals surface area contributed by atoms with Crippen molar-refractivity contribution in [3.05, 3.63) is 35.9 Å². The summed E-state index contributed by atoms with van der Waals surface area (Å²) < 4.78 is 0. The lowest BCUT2D eigenvalue weighted by molar-refractivity contribution is -0.123. The Kier molecular flexibility index (Phi) is 6.21. The van der Waals surface area contributed by atoms with Crippen LogP contribution in [-0.4, -0.2) is 43.0 Å². The zero-order valence-corrected chi connectivity index (χ0v) is 13.1. The SMILES string of the molecule is CNC(C)C1CCCCN1CC(=O)NCc1ccccc1. The van der Waals surface area contributed by atoms with Gasteiger partial charge in [-0.25, -0.2) is 0 Å². The molecule has 1 fully saturated rings. The van der Waals surface area contributed by atoms with Crippen LogP contribution in [0.5, 0.6) is 0 Å². The fraction of sp³-hybridized carbons (Fsp3) is 0.588. The monoisotopic (exact) mass is 289 g/mol. The Bertz CT molecular complexity index is 435. The summed E-state index contributed by atoms with van der Waals surface area (Å²) in [6, 6.07) is 10.9. The van der Waals surface area contributed by atoms with E-state index >= 15 is 0 Å². The number of benzene rings is 1. The molecule has 1 aromatic carbocycles. The highest BCUT2D eigenvalue weighted by atomic mass is 16.2. The highest BCUT2D eigenvalue weighted by Gasteiger charge is 2.27. The Morgan fingerprint density at radius 2 is 2.10 bits per heavy atom. The first-order valence-corrected chi connectivity index (χ1v) is 7.92. The predicted molar refractivity (Wildman–Crippen MR) is 86.0 cm³/mol. The third-order valence-electron chi connectivity index (χ3n) is 4.38. The van der Waals surface area contributed by atoms with Gasteiger partial charge in [0.15, 0.2) is 0 Å². The molecule has 1 saturated heterocycles. The van der Waals surface area contributed by atoms with Gasteiger partial charge in [-0.2, -0.15) is 0 Å². The Hall–Kier alpha value is -1.39. The Balaban J connectivity index is 1.82. The van der Waals surface area contributed by atoms with Gasteiger partial charge in [0.05, 0.1) is 6.54 Å². The van der Waals surface area contributed by atoms with Gasteiger partial charge < -0.3 is 10.6 Å². The molecule has 2 atom stereocenters. The summed E-state index contributed by atoms with van der Waals surface area (Å²) in [5, 5.41) is 6.35. The van der Waals surface area contributed by atoms with E-state index in [1.807, 2.05) is 37.4 Å². The number of likely N-dealkylation sites (tertiary alicyclic amines) is 1. The standard InChI is InChI=1S/C17H27N3O/c1-14(18-2)16-10-6-7-11-20(16)13-17(21)19-12-15-8-4-3-5-9-15/h3-5,8-9,14,16,18H,6-7,10-13H2,1-2H3,(H,19,21). The van der Waals surface area contributed by atoms with Crippen LogP contribution in [0.4, 0.5) is 0 Å². The molecule has 0 spiro atoms. The zero-order chi connectivity index (χ0) is 15.1. The van der Waals surface area contributed by atoms with E-state index < -0.39 is 0 Å². The molecule has 0 radical (unpaired) electrons. The molecule has 0 saturated carbocycles. The van der Waals surface area contributed by atoms with E-state index in [2.05, 4.69) is 22.5 Å². The van der Waals surface area contributed by atoms with E-state index in [-0.39, 0.29) is 5.91 Å². The molecular weight excluding hydrogens is 262 g/mol. The smallest absolute Gasteiger partial charge is 0.234 e. The van der Waals surface area contributed by atoms with Crippen LogP contribution in [-0.2, 0) is 11.3 Å². The van der Waals surface area contributed by atoms with Gasteiger partial charge in [0.25, 0.3) is 0 Å². The van der Waals surface area contributed by atoms with E-state index in [0.717, 1.165) is 12.1 Å². The first-order chi connectivity index (χ1) is 10.2. The fourth-order valence-electron chi connectivity index (χ4n) is 3.01. The molecule has 2 unspecified atom stereocenters. The number of carbonyl (C=O) groups is 1. The van der Waals surface area contributed by atoms with Crippen LogP contribution >= 0.6 is 0 Å². The second-order valence-electron chi connectivity index (χ2n) is 5.87. The topological polar surface area (TPSA) is 44.4 Å². The Morgan fingerprint density at radius 1 is 1.33 bits per heavy atom. The average Bonchev–Trinajstić information content (AvgIpc) is 2.54. The van der Waals surface area contributed by atoms with Crippen molar-refractivity contribution in [2.24, 2.45) is 0 Å². The Morgan fingerprint density at radius 3 is 2.81 bits per heavy atom. The van der Waals surface area contributed by atoms with Gasteiger partial charge in [-0.1, -0.05) is 36.8 Å². The van der Waals surface area contributed by atoms with E-state index in [9.17, 15) is 4.79 Å². The lowest BCUT2D eigenvalue weighted by Crippen LogP contribution is -2.52. The number of hydrogen-bond donors (Lipinski definition) is 2. The summed E-state index contributed by atoms with van der Waals surface area (Å²) in [4.78, 5) is 14.5. The zero-order valence-electron chi connectivity index (χ0n) is 13.1. The number of amides is 1. The highest BCUT2D eigenvalue weighted by molar-refractivity contribution is 5.78. The molecule has 0 bridgehead atoms. The maximum Gasteiger partial charge on any atom is 0.234 e. The van der Waals surface area contributed by atoms with Crippen molar-refractivity contribution in [1.29, 1.82) is 0 Å². The number of nitrogens with zero attached hydrogens (tertiary/aromatic N) is 1. The van der Waals surface area contributed by atoms with Crippen LogP contribution < -0.4 is 10.6 Å². The van der Waals surface area contributed by atoms with Gasteiger partial charge in [0.2, 0.25) is 5.91 Å². The van der Waals surface area contributed by atoms with Crippen LogP contribution in [0.2, 0.25) is 0 Å². The fourth-order valence-corrected chi connectivity index (χ4v) is 3.01. The molecule has 21 heavy (non-hydrogen) atoms. The Labute approximate surface area is 127 Å². The van der Waals surface area contributed by atoms with Gasteiger partial charge in [0, 0.05) is 18.6 Å². The molecule has 1 heterocycles. The minimum Gasteiger partial charge on any atom is -0.351 e. The van der Waals surface area contributed by atoms with Crippen molar-refractivity contribution >= 4 is 5.91 Å². The largest absolute Gasteiger partial charge is 0.351 e. The quantitative estimate of drug-likeness (QED) is 0.839. The summed E-state index contributed by atoms with van der Waals surface area (Å²) in [5.74, 6) is 0.119. The van der Waals surface area contributed by atoms with Crippen molar-refractivity contribution in [1.82, 2.24) is 15.5 Å². The summed E-state index contributed by atoms with van der Waals surface area (Å²) in [6.07, 6.45) is 3.63. The molecule has 0 aliphatic carbocycles. The molecule has 2 N–H and O–H groups in total. The second kappa shape index (κ2) is 8.15. The van der Waals surface area contributed by atoms with E-state index in [0.29, 0.717) is 25.2 Å². The highest BCUT2D eigenvalue weighted by Crippen LogP contribution is 2.19. The van der Waals surface area contributed by atoms with E-state index in [4.69, 9.17) is 0 Å². The summed E-state index contributed by atoms with van der Waals surface area (Å²) >= 11 is 0. The van der Waals surface area contributed by atoms with Crippen LogP contribution in [0.25, 0.3) is 0 Å². The molecule has 1 aliphatic rings. The van der Waals surface area contributed by atoms with Crippen molar-refractivity contribution in [2.45, 2.75) is 44.8 Å². The lowest BCUT2D eigenvalue weighted by Gasteiger charge is -2.38. The average molecular weight is 289 g/mol. The molecule has 1 aliphatic heterocycles. The van der Waals surface area contributed by atoms with Gasteiger partial charge in [0.1, 0.15) is 0 Å². The van der Waals surface area contributed by atoms with Crippen LogP contribution in [0.1, 0.15) is 31.7 Å². The summed E-state index contributed by atoms with van der Waals surface area (Å²) in [5.41, 5.74) is 1.14. The third kappa shape index (κ3) is 4.83. The number of carbonyl (C=O) groups excluding carboxylic acids is 1. The molecule has 2 rings (SSSR count). The van der Waals surface area contributed by atoms with Crippen molar-refractivity contribution in [3.8, 4) is 0 Å². The van der Waals surface area contributed by atoms with E-state index in [1.54, 1.807) is 0 Å². The predicted octanol–water partition coefficient (Wildman–Crippen LogP) is 1.77. The van der Waals surface area contributed by atoms with Crippen molar-refractivity contribution in [2.75, 3.05) is 20.1 Å². The van der Waals surface area contributed by atoms with Crippen molar-refractivity contribution in [3.63, 3.8) is 0 Å². The lowest BCUT2D eigenvalue weighted by atomic mass is 9.96. The molecule has 0 aromatic heterocycles. The molecule has 4 heteroatoms. The van der Waals surface area contributed by atoms with E-state index in [1.165, 1.54) is 19.3 Å². The van der Waals surface area contributed by atoms with Crippen molar-refractivity contribution < 1.29 is 4.79 Å². The van der Waals surface area contributed by atoms with Crippen LogP contribution in [0.3, 0.4) is 0 Å². The van der Waals surface area contributed by atoms with Gasteiger partial charge in [-0.3, -0.25) is 9.69 Å². The number of rotatable bonds is 6. The molecule has 116 valence electrons. The minimum atomic E-state index is 0.119. The van der Waals surface area contributed by atoms with Gasteiger partial charge >= 0.3 is 0 Å². The number of likely N-dealkylation sites (N-methyl/N-ethyl adjacent to an activating group) is 1. The second-order valence-corrected chi connectivity index (χ2v) is 5.87.